The van der Waals surface area contributed by atoms with Crippen molar-refractivity contribution in [3.63, 3.8) is 0 Å². The predicted molar refractivity (Wildman–Crippen MR) is 98.7 cm³/mol. The van der Waals surface area contributed by atoms with Gasteiger partial charge in [0, 0.05) is 48.6 Å². The molecule has 1 aliphatic rings. The van der Waals surface area contributed by atoms with Crippen molar-refractivity contribution in [2.75, 3.05) is 5.73 Å². The first-order valence-corrected chi connectivity index (χ1v) is 8.46. The minimum Gasteiger partial charge on any atom is -0.371 e. The number of rotatable bonds is 1. The van der Waals surface area contributed by atoms with E-state index in [0.29, 0.717) is 24.6 Å². The Morgan fingerprint density at radius 3 is 3.00 bits per heavy atom. The van der Waals surface area contributed by atoms with Gasteiger partial charge in [0.2, 0.25) is 5.95 Å². The molecule has 8 nitrogen and oxygen atoms in total. The van der Waals surface area contributed by atoms with Crippen LogP contribution in [0.1, 0.15) is 17.8 Å². The maximum absolute atomic E-state index is 10.8. The second-order valence-corrected chi connectivity index (χ2v) is 6.41. The molecule has 0 saturated heterocycles. The van der Waals surface area contributed by atoms with Gasteiger partial charge in [0.25, 0.3) is 0 Å². The standard InChI is InChI=1S/C19H15N7O/c20-18-22-7-4-16(24-18)26-15-11-13(1-2-14(15)12-23-26)3-5-19(27)6-9-25-10-8-21-17(19)25/h1-2,4,7-8,10-12,27H,6,9H2,(H2,20,22,24). The largest absolute Gasteiger partial charge is 0.371 e. The third-order valence-electron chi connectivity index (χ3n) is 4.66. The molecule has 5 rings (SSSR count). The minimum absolute atomic E-state index is 0.186. The van der Waals surface area contributed by atoms with Gasteiger partial charge < -0.3 is 15.4 Å². The number of anilines is 1. The average Bonchev–Trinajstić information content (AvgIpc) is 3.37. The Morgan fingerprint density at radius 2 is 2.11 bits per heavy atom. The molecule has 8 heteroatoms. The molecule has 1 aromatic carbocycles. The zero-order chi connectivity index (χ0) is 18.4. The van der Waals surface area contributed by atoms with Gasteiger partial charge in [0.1, 0.15) is 0 Å². The first-order valence-electron chi connectivity index (χ1n) is 8.46. The molecule has 0 aliphatic carbocycles. The van der Waals surface area contributed by atoms with Crippen LogP contribution >= 0.6 is 0 Å². The van der Waals surface area contributed by atoms with E-state index in [1.807, 2.05) is 29.0 Å². The van der Waals surface area contributed by atoms with Gasteiger partial charge in [-0.15, -0.1) is 0 Å². The Bertz CT molecular complexity index is 1230. The summed E-state index contributed by atoms with van der Waals surface area (Å²) in [7, 11) is 0. The molecule has 0 spiro atoms. The molecule has 0 saturated carbocycles. The third kappa shape index (κ3) is 2.53. The monoisotopic (exact) mass is 357 g/mol. The smallest absolute Gasteiger partial charge is 0.221 e. The summed E-state index contributed by atoms with van der Waals surface area (Å²) in [6.45, 7) is 0.710. The van der Waals surface area contributed by atoms with E-state index in [4.69, 9.17) is 5.73 Å². The zero-order valence-corrected chi connectivity index (χ0v) is 14.2. The van der Waals surface area contributed by atoms with E-state index in [2.05, 4.69) is 31.9 Å². The van der Waals surface area contributed by atoms with Gasteiger partial charge in [-0.25, -0.2) is 14.6 Å². The number of aryl methyl sites for hydroxylation is 1. The highest BCUT2D eigenvalue weighted by Crippen LogP contribution is 2.30. The van der Waals surface area contributed by atoms with E-state index in [1.165, 1.54) is 0 Å². The van der Waals surface area contributed by atoms with Crippen LogP contribution in [0.15, 0.2) is 49.1 Å². The fourth-order valence-corrected chi connectivity index (χ4v) is 3.30. The molecule has 3 N–H and O–H groups in total. The van der Waals surface area contributed by atoms with Crippen LogP contribution in [0.2, 0.25) is 0 Å². The van der Waals surface area contributed by atoms with Crippen molar-refractivity contribution in [1.29, 1.82) is 0 Å². The van der Waals surface area contributed by atoms with Gasteiger partial charge in [-0.1, -0.05) is 11.8 Å². The zero-order valence-electron chi connectivity index (χ0n) is 14.2. The maximum Gasteiger partial charge on any atom is 0.221 e. The molecular weight excluding hydrogens is 342 g/mol. The van der Waals surface area contributed by atoms with Crippen LogP contribution in [-0.4, -0.2) is 34.4 Å². The predicted octanol–water partition coefficient (Wildman–Crippen LogP) is 1.24. The van der Waals surface area contributed by atoms with Crippen molar-refractivity contribution in [2.45, 2.75) is 18.6 Å². The topological polar surface area (TPSA) is 108 Å². The lowest BCUT2D eigenvalue weighted by Gasteiger charge is -2.12. The quantitative estimate of drug-likeness (QED) is 0.496. The first kappa shape index (κ1) is 15.5. The number of aliphatic hydroxyl groups is 1. The summed E-state index contributed by atoms with van der Waals surface area (Å²) < 4.78 is 3.61. The van der Waals surface area contributed by atoms with Crippen LogP contribution in [0.25, 0.3) is 16.7 Å². The number of imidazole rings is 1. The molecule has 0 radical (unpaired) electrons. The van der Waals surface area contributed by atoms with Gasteiger partial charge in [-0.2, -0.15) is 10.1 Å². The molecule has 0 bridgehead atoms. The third-order valence-corrected chi connectivity index (χ3v) is 4.66. The second kappa shape index (κ2) is 5.65. The van der Waals surface area contributed by atoms with Crippen molar-refractivity contribution >= 4 is 16.9 Å². The van der Waals surface area contributed by atoms with Gasteiger partial charge >= 0.3 is 0 Å². The van der Waals surface area contributed by atoms with Crippen LogP contribution < -0.4 is 5.73 Å². The van der Waals surface area contributed by atoms with Crippen molar-refractivity contribution in [3.8, 4) is 17.7 Å². The fourth-order valence-electron chi connectivity index (χ4n) is 3.30. The van der Waals surface area contributed by atoms with Crippen LogP contribution in [0, 0.1) is 11.8 Å². The summed E-state index contributed by atoms with van der Waals surface area (Å²) in [6.07, 6.45) is 7.41. The highest BCUT2D eigenvalue weighted by molar-refractivity contribution is 5.81. The van der Waals surface area contributed by atoms with Crippen LogP contribution in [0.3, 0.4) is 0 Å². The summed E-state index contributed by atoms with van der Waals surface area (Å²) in [6, 6.07) is 7.49. The number of aromatic nitrogens is 6. The van der Waals surface area contributed by atoms with Crippen molar-refractivity contribution in [3.05, 3.63) is 60.4 Å². The number of hydrogen-bond acceptors (Lipinski definition) is 6. The normalized spacial score (nSPS) is 18.3. The first-order chi connectivity index (χ1) is 13.1. The Balaban J connectivity index is 1.56. The summed E-state index contributed by atoms with van der Waals surface area (Å²) in [5.74, 6) is 7.43. The Morgan fingerprint density at radius 1 is 1.19 bits per heavy atom. The van der Waals surface area contributed by atoms with Crippen molar-refractivity contribution in [2.24, 2.45) is 0 Å². The summed E-state index contributed by atoms with van der Waals surface area (Å²) in [4.78, 5) is 12.4. The number of benzene rings is 1. The number of nitrogens with zero attached hydrogens (tertiary/aromatic N) is 6. The fraction of sp³-hybridized carbons (Fsp3) is 0.158. The Kier molecular flexibility index (Phi) is 3.26. The van der Waals surface area contributed by atoms with Crippen molar-refractivity contribution < 1.29 is 5.11 Å². The van der Waals surface area contributed by atoms with Crippen LogP contribution in [0.5, 0.6) is 0 Å². The van der Waals surface area contributed by atoms with E-state index >= 15 is 0 Å². The lowest BCUT2D eigenvalue weighted by atomic mass is 10.0. The molecule has 0 amide bonds. The molecule has 132 valence electrons. The Labute approximate surface area is 154 Å². The average molecular weight is 357 g/mol. The van der Waals surface area contributed by atoms with Crippen LogP contribution in [-0.2, 0) is 12.1 Å². The number of hydrogen-bond donors (Lipinski definition) is 2. The SMILES string of the molecule is Nc1nccc(-n2ncc3ccc(C#CC4(O)CCn5ccnc54)cc32)n1. The highest BCUT2D eigenvalue weighted by atomic mass is 16.3. The molecule has 27 heavy (non-hydrogen) atoms. The second-order valence-electron chi connectivity index (χ2n) is 6.41. The molecule has 1 aliphatic heterocycles. The summed E-state index contributed by atoms with van der Waals surface area (Å²) >= 11 is 0. The number of nitrogen functional groups attached to an aromatic ring is 1. The summed E-state index contributed by atoms with van der Waals surface area (Å²) in [5.41, 5.74) is 6.07. The molecule has 4 heterocycles. The van der Waals surface area contributed by atoms with Crippen molar-refractivity contribution in [1.82, 2.24) is 29.3 Å². The van der Waals surface area contributed by atoms with Gasteiger partial charge in [0.05, 0.1) is 11.7 Å². The van der Waals surface area contributed by atoms with Gasteiger partial charge in [0.15, 0.2) is 17.2 Å². The van der Waals surface area contributed by atoms with Gasteiger partial charge in [-0.05, 0) is 18.2 Å². The van der Waals surface area contributed by atoms with Crippen LogP contribution in [0.4, 0.5) is 5.95 Å². The molecular formula is C19H15N7O. The highest BCUT2D eigenvalue weighted by Gasteiger charge is 2.36. The number of fused-ring (bicyclic) bond motifs is 2. The minimum atomic E-state index is -1.22. The molecule has 1 atom stereocenters. The molecule has 1 unspecified atom stereocenters. The van der Waals surface area contributed by atoms with E-state index in [-0.39, 0.29) is 5.95 Å². The molecule has 3 aromatic heterocycles. The Hall–Kier alpha value is -3.70. The number of nitrogens with two attached hydrogens (primary N) is 1. The van der Waals surface area contributed by atoms with E-state index in [0.717, 1.165) is 16.5 Å². The van der Waals surface area contributed by atoms with E-state index in [1.54, 1.807) is 29.3 Å². The van der Waals surface area contributed by atoms with E-state index in [9.17, 15) is 5.11 Å². The summed E-state index contributed by atoms with van der Waals surface area (Å²) in [5, 5.41) is 16.2. The van der Waals surface area contributed by atoms with Gasteiger partial charge in [-0.3, -0.25) is 0 Å². The lowest BCUT2D eigenvalue weighted by molar-refractivity contribution is 0.0980. The molecule has 4 aromatic rings. The maximum atomic E-state index is 10.8. The molecule has 0 fully saturated rings. The van der Waals surface area contributed by atoms with E-state index < -0.39 is 5.60 Å². The lowest BCUT2D eigenvalue weighted by Crippen LogP contribution is -2.20.